The fourth-order valence-electron chi connectivity index (χ4n) is 1.44. The fraction of sp³-hybridized carbons (Fsp3) is 0.455. The Morgan fingerprint density at radius 1 is 1.10 bits per heavy atom. The molecule has 0 bridgehead atoms. The number of nitrogens with zero attached hydrogens (tertiary/aromatic N) is 5. The molecule has 0 saturated carbocycles. The lowest BCUT2D eigenvalue weighted by Crippen LogP contribution is -2.04. The van der Waals surface area contributed by atoms with Crippen molar-refractivity contribution < 1.29 is 14.2 Å². The molecule has 0 spiro atoms. The third-order valence-electron chi connectivity index (χ3n) is 2.37. The van der Waals surface area contributed by atoms with E-state index in [0.717, 1.165) is 5.69 Å². The molecule has 0 amide bonds. The van der Waals surface area contributed by atoms with E-state index in [0.29, 0.717) is 19.1 Å². The molecular formula is C11H16N6O3. The summed E-state index contributed by atoms with van der Waals surface area (Å²) in [4.78, 5) is 12.1. The minimum Gasteiger partial charge on any atom is -0.467 e. The zero-order valence-electron chi connectivity index (χ0n) is 11.5. The van der Waals surface area contributed by atoms with Crippen molar-refractivity contribution in [3.05, 3.63) is 12.4 Å². The summed E-state index contributed by atoms with van der Waals surface area (Å²) in [6.07, 6.45) is 3.49. The third kappa shape index (κ3) is 3.54. The molecule has 9 nitrogen and oxygen atoms in total. The van der Waals surface area contributed by atoms with Crippen LogP contribution in [0.1, 0.15) is 0 Å². The molecule has 2 aromatic heterocycles. The first-order valence-electron chi connectivity index (χ1n) is 5.87. The SMILES string of the molecule is COCCn1cc(Nc2nc(OC)nc(OC)n2)cn1. The summed E-state index contributed by atoms with van der Waals surface area (Å²) in [6, 6.07) is 0.345. The summed E-state index contributed by atoms with van der Waals surface area (Å²) >= 11 is 0. The van der Waals surface area contributed by atoms with Crippen molar-refractivity contribution in [2.75, 3.05) is 33.3 Å². The normalized spacial score (nSPS) is 10.3. The van der Waals surface area contributed by atoms with Crippen molar-refractivity contribution in [3.8, 4) is 12.0 Å². The molecule has 9 heteroatoms. The van der Waals surface area contributed by atoms with E-state index in [1.165, 1.54) is 14.2 Å². The molecule has 0 atom stereocenters. The van der Waals surface area contributed by atoms with Crippen molar-refractivity contribution >= 4 is 11.6 Å². The Bertz CT molecular complexity index is 537. The standard InChI is InChI=1S/C11H16N6O3/c1-18-5-4-17-7-8(6-12-17)13-9-14-10(19-2)16-11(15-9)20-3/h6-7H,4-5H2,1-3H3,(H,13,14,15,16). The first-order chi connectivity index (χ1) is 9.75. The van der Waals surface area contributed by atoms with Crippen LogP contribution in [0.2, 0.25) is 0 Å². The Morgan fingerprint density at radius 3 is 2.40 bits per heavy atom. The third-order valence-corrected chi connectivity index (χ3v) is 2.37. The Balaban J connectivity index is 2.10. The molecule has 0 aliphatic carbocycles. The number of ether oxygens (including phenoxy) is 3. The van der Waals surface area contributed by atoms with Gasteiger partial charge in [-0.3, -0.25) is 4.68 Å². The van der Waals surface area contributed by atoms with E-state index in [2.05, 4.69) is 25.4 Å². The number of anilines is 2. The summed E-state index contributed by atoms with van der Waals surface area (Å²) in [5, 5.41) is 7.18. The molecule has 0 aliphatic rings. The van der Waals surface area contributed by atoms with Crippen LogP contribution >= 0.6 is 0 Å². The van der Waals surface area contributed by atoms with Gasteiger partial charge < -0.3 is 19.5 Å². The van der Waals surface area contributed by atoms with Crippen LogP contribution in [0, 0.1) is 0 Å². The van der Waals surface area contributed by atoms with Gasteiger partial charge in [-0.05, 0) is 0 Å². The average molecular weight is 280 g/mol. The fourth-order valence-corrected chi connectivity index (χ4v) is 1.44. The molecule has 0 unspecified atom stereocenters. The monoisotopic (exact) mass is 280 g/mol. The maximum Gasteiger partial charge on any atom is 0.324 e. The lowest BCUT2D eigenvalue weighted by atomic mass is 10.5. The van der Waals surface area contributed by atoms with Crippen molar-refractivity contribution in [3.63, 3.8) is 0 Å². The molecule has 2 aromatic rings. The van der Waals surface area contributed by atoms with Crippen molar-refractivity contribution in [2.24, 2.45) is 0 Å². The molecule has 1 N–H and O–H groups in total. The van der Waals surface area contributed by atoms with Gasteiger partial charge in [-0.1, -0.05) is 0 Å². The molecule has 0 saturated heterocycles. The quantitative estimate of drug-likeness (QED) is 0.782. The first kappa shape index (κ1) is 14.0. The molecule has 20 heavy (non-hydrogen) atoms. The maximum atomic E-state index is 4.99. The van der Waals surface area contributed by atoms with E-state index in [1.807, 2.05) is 6.20 Å². The van der Waals surface area contributed by atoms with E-state index < -0.39 is 0 Å². The molecule has 0 aliphatic heterocycles. The number of methoxy groups -OCH3 is 3. The van der Waals surface area contributed by atoms with Crippen molar-refractivity contribution in [1.29, 1.82) is 0 Å². The molecule has 2 rings (SSSR count). The molecule has 2 heterocycles. The highest BCUT2D eigenvalue weighted by molar-refractivity contribution is 5.50. The highest BCUT2D eigenvalue weighted by atomic mass is 16.5. The number of nitrogens with one attached hydrogen (secondary N) is 1. The van der Waals surface area contributed by atoms with Crippen LogP contribution < -0.4 is 14.8 Å². The van der Waals surface area contributed by atoms with Crippen LogP contribution in [0.5, 0.6) is 12.0 Å². The van der Waals surface area contributed by atoms with Crippen LogP contribution in [-0.4, -0.2) is 52.7 Å². The molecule has 0 fully saturated rings. The van der Waals surface area contributed by atoms with Gasteiger partial charge in [-0.15, -0.1) is 4.98 Å². The van der Waals surface area contributed by atoms with Gasteiger partial charge in [0, 0.05) is 13.3 Å². The zero-order chi connectivity index (χ0) is 14.4. The van der Waals surface area contributed by atoms with E-state index >= 15 is 0 Å². The van der Waals surface area contributed by atoms with E-state index in [4.69, 9.17) is 14.2 Å². The van der Waals surface area contributed by atoms with E-state index in [9.17, 15) is 0 Å². The molecular weight excluding hydrogens is 264 g/mol. The smallest absolute Gasteiger partial charge is 0.324 e. The van der Waals surface area contributed by atoms with Gasteiger partial charge in [0.1, 0.15) is 0 Å². The first-order valence-corrected chi connectivity index (χ1v) is 5.87. The Kier molecular flexibility index (Phi) is 4.66. The van der Waals surface area contributed by atoms with Crippen LogP contribution in [-0.2, 0) is 11.3 Å². The van der Waals surface area contributed by atoms with Crippen molar-refractivity contribution in [1.82, 2.24) is 24.7 Å². The summed E-state index contributed by atoms with van der Waals surface area (Å²) in [6.45, 7) is 1.26. The second kappa shape index (κ2) is 6.66. The topological polar surface area (TPSA) is 96.2 Å². The Labute approximate surface area is 115 Å². The molecule has 0 radical (unpaired) electrons. The average Bonchev–Trinajstić information content (AvgIpc) is 2.92. The molecule has 108 valence electrons. The largest absolute Gasteiger partial charge is 0.467 e. The van der Waals surface area contributed by atoms with E-state index in [-0.39, 0.29) is 12.0 Å². The van der Waals surface area contributed by atoms with Gasteiger partial charge in [-0.2, -0.15) is 15.1 Å². The Hall–Kier alpha value is -2.42. The van der Waals surface area contributed by atoms with Gasteiger partial charge >= 0.3 is 12.0 Å². The highest BCUT2D eigenvalue weighted by Crippen LogP contribution is 2.16. The number of hydrogen-bond acceptors (Lipinski definition) is 8. The lowest BCUT2D eigenvalue weighted by molar-refractivity contribution is 0.183. The second-order valence-electron chi connectivity index (χ2n) is 3.74. The van der Waals surface area contributed by atoms with Crippen molar-refractivity contribution in [2.45, 2.75) is 6.54 Å². The van der Waals surface area contributed by atoms with Crippen LogP contribution in [0.3, 0.4) is 0 Å². The van der Waals surface area contributed by atoms with Gasteiger partial charge in [0.05, 0.1) is 39.3 Å². The van der Waals surface area contributed by atoms with Crippen LogP contribution in [0.4, 0.5) is 11.6 Å². The van der Waals surface area contributed by atoms with Gasteiger partial charge in [0.2, 0.25) is 5.95 Å². The summed E-state index contributed by atoms with van der Waals surface area (Å²) in [7, 11) is 4.59. The molecule has 0 aromatic carbocycles. The summed E-state index contributed by atoms with van der Waals surface area (Å²) in [5.74, 6) is 0.319. The summed E-state index contributed by atoms with van der Waals surface area (Å²) < 4.78 is 16.7. The van der Waals surface area contributed by atoms with Gasteiger partial charge in [0.15, 0.2) is 0 Å². The predicted octanol–water partition coefficient (Wildman–Crippen LogP) is 0.475. The van der Waals surface area contributed by atoms with Crippen LogP contribution in [0.15, 0.2) is 12.4 Å². The summed E-state index contributed by atoms with van der Waals surface area (Å²) in [5.41, 5.74) is 0.747. The highest BCUT2D eigenvalue weighted by Gasteiger charge is 2.08. The second-order valence-corrected chi connectivity index (χ2v) is 3.74. The van der Waals surface area contributed by atoms with E-state index in [1.54, 1.807) is 18.0 Å². The number of hydrogen-bond donors (Lipinski definition) is 1. The minimum absolute atomic E-state index is 0.172. The zero-order valence-corrected chi connectivity index (χ0v) is 11.5. The predicted molar refractivity (Wildman–Crippen MR) is 70.3 cm³/mol. The lowest BCUT2D eigenvalue weighted by Gasteiger charge is -2.05. The van der Waals surface area contributed by atoms with Crippen LogP contribution in [0.25, 0.3) is 0 Å². The number of rotatable bonds is 7. The minimum atomic E-state index is 0.172. The van der Waals surface area contributed by atoms with Gasteiger partial charge in [-0.25, -0.2) is 0 Å². The van der Waals surface area contributed by atoms with Gasteiger partial charge in [0.25, 0.3) is 0 Å². The number of aromatic nitrogens is 5. The maximum absolute atomic E-state index is 4.99. The Morgan fingerprint density at radius 2 is 1.80 bits per heavy atom.